The van der Waals surface area contributed by atoms with Crippen LogP contribution in [-0.2, 0) is 6.54 Å². The molecule has 0 spiro atoms. The second-order valence-electron chi connectivity index (χ2n) is 6.51. The average Bonchev–Trinajstić information content (AvgIpc) is 2.71. The molecule has 0 aliphatic heterocycles. The molecule has 7 heteroatoms. The second-order valence-corrected chi connectivity index (χ2v) is 6.51. The fourth-order valence-electron chi connectivity index (χ4n) is 3.24. The van der Waals surface area contributed by atoms with Crippen LogP contribution in [0.2, 0.25) is 0 Å². The van der Waals surface area contributed by atoms with Gasteiger partial charge in [-0.05, 0) is 35.4 Å². The molecule has 4 aromatic rings. The lowest BCUT2D eigenvalue weighted by molar-refractivity contribution is 0.0695. The van der Waals surface area contributed by atoms with Gasteiger partial charge in [0, 0.05) is 29.9 Å². The Kier molecular flexibility index (Phi) is 4.64. The van der Waals surface area contributed by atoms with Gasteiger partial charge in [-0.2, -0.15) is 4.39 Å². The lowest BCUT2D eigenvalue weighted by atomic mass is 10.1. The van der Waals surface area contributed by atoms with Gasteiger partial charge >= 0.3 is 5.97 Å². The maximum Gasteiger partial charge on any atom is 0.341 e. The third kappa shape index (κ3) is 3.50. The molecule has 5 nitrogen and oxygen atoms in total. The molecule has 0 aliphatic rings. The van der Waals surface area contributed by atoms with Crippen molar-refractivity contribution < 1.29 is 18.7 Å². The van der Waals surface area contributed by atoms with E-state index in [1.54, 1.807) is 18.2 Å². The van der Waals surface area contributed by atoms with Crippen molar-refractivity contribution in [2.75, 3.05) is 0 Å². The number of aromatic carboxylic acids is 1. The maximum atomic E-state index is 14.4. The van der Waals surface area contributed by atoms with Crippen molar-refractivity contribution >= 4 is 16.9 Å². The SMILES string of the molecule is O=C(O)c1cn(Cc2ccc(-c3ccc(F)nc3)cc2)c2c(F)cccc2c1=O. The van der Waals surface area contributed by atoms with E-state index in [0.717, 1.165) is 22.9 Å². The van der Waals surface area contributed by atoms with E-state index < -0.39 is 28.7 Å². The Bertz CT molecular complexity index is 1280. The molecule has 0 atom stereocenters. The van der Waals surface area contributed by atoms with Gasteiger partial charge in [0.15, 0.2) is 0 Å². The molecule has 29 heavy (non-hydrogen) atoms. The molecule has 0 radical (unpaired) electrons. The van der Waals surface area contributed by atoms with Gasteiger partial charge in [0.2, 0.25) is 11.4 Å². The zero-order valence-electron chi connectivity index (χ0n) is 15.0. The first kappa shape index (κ1) is 18.5. The fraction of sp³-hybridized carbons (Fsp3) is 0.0455. The van der Waals surface area contributed by atoms with Gasteiger partial charge in [0.05, 0.1) is 5.52 Å². The van der Waals surface area contributed by atoms with Crippen LogP contribution >= 0.6 is 0 Å². The molecule has 2 aromatic carbocycles. The number of carboxylic acid groups (broad SMARTS) is 1. The van der Waals surface area contributed by atoms with E-state index in [1.807, 2.05) is 12.1 Å². The Balaban J connectivity index is 1.76. The second kappa shape index (κ2) is 7.27. The summed E-state index contributed by atoms with van der Waals surface area (Å²) in [7, 11) is 0. The topological polar surface area (TPSA) is 72.2 Å². The molecule has 0 aliphatic carbocycles. The van der Waals surface area contributed by atoms with Crippen LogP contribution in [0.1, 0.15) is 15.9 Å². The summed E-state index contributed by atoms with van der Waals surface area (Å²) in [5.41, 5.74) is 1.25. The molecule has 0 bridgehead atoms. The molecular weight excluding hydrogens is 378 g/mol. The number of aromatic nitrogens is 2. The van der Waals surface area contributed by atoms with Gasteiger partial charge in [-0.15, -0.1) is 0 Å². The Morgan fingerprint density at radius 1 is 1.00 bits per heavy atom. The summed E-state index contributed by atoms with van der Waals surface area (Å²) in [6.07, 6.45) is 2.59. The third-order valence-electron chi connectivity index (χ3n) is 4.65. The number of rotatable bonds is 4. The highest BCUT2D eigenvalue weighted by atomic mass is 19.1. The van der Waals surface area contributed by atoms with Crippen molar-refractivity contribution in [2.45, 2.75) is 6.54 Å². The minimum atomic E-state index is -1.37. The van der Waals surface area contributed by atoms with Gasteiger partial charge in [-0.1, -0.05) is 30.3 Å². The van der Waals surface area contributed by atoms with E-state index in [9.17, 15) is 23.5 Å². The van der Waals surface area contributed by atoms with E-state index in [2.05, 4.69) is 4.98 Å². The van der Waals surface area contributed by atoms with Crippen LogP contribution < -0.4 is 5.43 Å². The van der Waals surface area contributed by atoms with Crippen LogP contribution in [0.25, 0.3) is 22.0 Å². The van der Waals surface area contributed by atoms with E-state index in [4.69, 9.17) is 0 Å². The smallest absolute Gasteiger partial charge is 0.341 e. The summed E-state index contributed by atoms with van der Waals surface area (Å²) in [6, 6.07) is 14.1. The molecule has 4 rings (SSSR count). The van der Waals surface area contributed by atoms with Crippen molar-refractivity contribution in [2.24, 2.45) is 0 Å². The van der Waals surface area contributed by atoms with Crippen molar-refractivity contribution in [3.8, 4) is 11.1 Å². The summed E-state index contributed by atoms with van der Waals surface area (Å²) >= 11 is 0. The van der Waals surface area contributed by atoms with E-state index in [0.29, 0.717) is 0 Å². The number of fused-ring (bicyclic) bond motifs is 1. The first-order chi connectivity index (χ1) is 13.9. The molecule has 2 heterocycles. The van der Waals surface area contributed by atoms with E-state index in [1.165, 1.54) is 35.0 Å². The number of nitrogens with zero attached hydrogens (tertiary/aromatic N) is 2. The number of pyridine rings is 2. The van der Waals surface area contributed by atoms with Crippen molar-refractivity contribution in [3.63, 3.8) is 0 Å². The van der Waals surface area contributed by atoms with Crippen molar-refractivity contribution in [1.29, 1.82) is 0 Å². The first-order valence-electron chi connectivity index (χ1n) is 8.70. The van der Waals surface area contributed by atoms with Gasteiger partial charge in [-0.3, -0.25) is 4.79 Å². The summed E-state index contributed by atoms with van der Waals surface area (Å²) in [4.78, 5) is 27.4. The van der Waals surface area contributed by atoms with Crippen LogP contribution in [0.5, 0.6) is 0 Å². The molecule has 1 N–H and O–H groups in total. The first-order valence-corrected chi connectivity index (χ1v) is 8.70. The lowest BCUT2D eigenvalue weighted by Crippen LogP contribution is -2.19. The third-order valence-corrected chi connectivity index (χ3v) is 4.65. The number of hydrogen-bond donors (Lipinski definition) is 1. The number of carbonyl (C=O) groups is 1. The highest BCUT2D eigenvalue weighted by molar-refractivity contribution is 5.92. The molecule has 2 aromatic heterocycles. The standard InChI is InChI=1S/C22H14F2N2O3/c23-18-3-1-2-16-20(18)26(12-17(21(16)27)22(28)29)11-13-4-6-14(7-5-13)15-8-9-19(24)25-10-15/h1-10,12H,11H2,(H,28,29). The quantitative estimate of drug-likeness (QED) is 0.531. The summed E-state index contributed by atoms with van der Waals surface area (Å²) in [6.45, 7) is 0.167. The van der Waals surface area contributed by atoms with E-state index >= 15 is 0 Å². The van der Waals surface area contributed by atoms with Gasteiger partial charge in [-0.25, -0.2) is 14.2 Å². The summed E-state index contributed by atoms with van der Waals surface area (Å²) in [5, 5.41) is 9.34. The Labute approximate surface area is 163 Å². The molecule has 0 saturated heterocycles. The van der Waals surface area contributed by atoms with Crippen LogP contribution in [0, 0.1) is 11.8 Å². The van der Waals surface area contributed by atoms with Crippen LogP contribution in [-0.4, -0.2) is 20.6 Å². The predicted molar refractivity (Wildman–Crippen MR) is 104 cm³/mol. The molecule has 0 saturated carbocycles. The largest absolute Gasteiger partial charge is 0.477 e. The van der Waals surface area contributed by atoms with Gasteiger partial charge in [0.25, 0.3) is 0 Å². The maximum absolute atomic E-state index is 14.4. The van der Waals surface area contributed by atoms with Crippen molar-refractivity contribution in [1.82, 2.24) is 9.55 Å². The van der Waals surface area contributed by atoms with Gasteiger partial charge < -0.3 is 9.67 Å². The van der Waals surface area contributed by atoms with Crippen LogP contribution in [0.15, 0.2) is 71.8 Å². The van der Waals surface area contributed by atoms with Gasteiger partial charge in [0.1, 0.15) is 11.4 Å². The van der Waals surface area contributed by atoms with Crippen molar-refractivity contribution in [3.05, 3.63) is 100 Å². The number of para-hydroxylation sites is 1. The lowest BCUT2D eigenvalue weighted by Gasteiger charge is -2.13. The Morgan fingerprint density at radius 2 is 1.72 bits per heavy atom. The highest BCUT2D eigenvalue weighted by Crippen LogP contribution is 2.21. The predicted octanol–water partition coefficient (Wildman–Crippen LogP) is 4.09. The molecule has 0 unspecified atom stereocenters. The van der Waals surface area contributed by atoms with Crippen LogP contribution in [0.4, 0.5) is 8.78 Å². The molecule has 0 amide bonds. The highest BCUT2D eigenvalue weighted by Gasteiger charge is 2.17. The Hall–Kier alpha value is -3.87. The normalized spacial score (nSPS) is 11.0. The minimum absolute atomic E-state index is 0.0129. The van der Waals surface area contributed by atoms with E-state index in [-0.39, 0.29) is 17.4 Å². The zero-order chi connectivity index (χ0) is 20.5. The number of carboxylic acids is 1. The number of halogens is 2. The Morgan fingerprint density at radius 3 is 2.38 bits per heavy atom. The molecular formula is C22H14F2N2O3. The summed E-state index contributed by atoms with van der Waals surface area (Å²) in [5.74, 6) is -2.54. The number of benzene rings is 2. The monoisotopic (exact) mass is 392 g/mol. The van der Waals surface area contributed by atoms with Crippen LogP contribution in [0.3, 0.4) is 0 Å². The molecule has 0 fully saturated rings. The summed E-state index contributed by atoms with van der Waals surface area (Å²) < 4.78 is 28.8. The zero-order valence-corrected chi connectivity index (χ0v) is 15.0. The fourth-order valence-corrected chi connectivity index (χ4v) is 3.24. The minimum Gasteiger partial charge on any atom is -0.477 e. The average molecular weight is 392 g/mol. The number of hydrogen-bond acceptors (Lipinski definition) is 3. The molecule has 144 valence electrons.